The molecule has 1 heterocycles. The number of carbonyl (C=O) groups excluding carboxylic acids is 1. The maximum atomic E-state index is 15.2. The van der Waals surface area contributed by atoms with Gasteiger partial charge in [0.15, 0.2) is 0 Å². The van der Waals surface area contributed by atoms with Gasteiger partial charge in [-0.1, -0.05) is 39.3 Å². The molecule has 1 saturated heterocycles. The SMILES string of the molecule is C=C(CCC)/C(N=O)=C(\c1cc(C)c(Br)c(F)c1CCC)C1(C(=O)OC)CNC1. The van der Waals surface area contributed by atoms with E-state index < -0.39 is 11.4 Å². The van der Waals surface area contributed by atoms with Crippen molar-refractivity contribution in [3.8, 4) is 0 Å². The molecule has 0 amide bonds. The average Bonchev–Trinajstić information content (AvgIpc) is 2.67. The molecule has 5 nitrogen and oxygen atoms in total. The molecular weight excluding hydrogens is 439 g/mol. The number of methoxy groups -OCH3 is 1. The molecular formula is C22H28BrFN2O3. The van der Waals surface area contributed by atoms with E-state index in [0.717, 1.165) is 6.42 Å². The number of allylic oxidation sites excluding steroid dienone is 1. The molecule has 1 aromatic rings. The molecule has 1 aliphatic heterocycles. The minimum absolute atomic E-state index is 0.122. The van der Waals surface area contributed by atoms with Crippen LogP contribution in [0.25, 0.3) is 5.57 Å². The van der Waals surface area contributed by atoms with E-state index in [1.165, 1.54) is 7.11 Å². The van der Waals surface area contributed by atoms with E-state index in [1.54, 1.807) is 6.92 Å². The monoisotopic (exact) mass is 466 g/mol. The second kappa shape index (κ2) is 9.76. The number of hydrogen-bond donors (Lipinski definition) is 1. The van der Waals surface area contributed by atoms with Crippen molar-refractivity contribution in [3.05, 3.63) is 55.8 Å². The molecule has 0 radical (unpaired) electrons. The third kappa shape index (κ3) is 4.21. The van der Waals surface area contributed by atoms with E-state index in [0.29, 0.717) is 51.6 Å². The Labute approximate surface area is 179 Å². The zero-order valence-corrected chi connectivity index (χ0v) is 19.0. The molecule has 0 aromatic heterocycles. The van der Waals surface area contributed by atoms with Gasteiger partial charge in [0.1, 0.15) is 16.9 Å². The Bertz CT molecular complexity index is 860. The van der Waals surface area contributed by atoms with E-state index in [-0.39, 0.29) is 24.6 Å². The third-order valence-electron chi connectivity index (χ3n) is 5.38. The van der Waals surface area contributed by atoms with Gasteiger partial charge in [0.2, 0.25) is 0 Å². The summed E-state index contributed by atoms with van der Waals surface area (Å²) < 4.78 is 20.7. The summed E-state index contributed by atoms with van der Waals surface area (Å²) in [6.07, 6.45) is 2.48. The molecule has 7 heteroatoms. The van der Waals surface area contributed by atoms with E-state index >= 15 is 4.39 Å². The van der Waals surface area contributed by atoms with Crippen LogP contribution in [-0.2, 0) is 16.0 Å². The number of benzene rings is 1. The molecule has 1 aliphatic rings. The summed E-state index contributed by atoms with van der Waals surface area (Å²) in [4.78, 5) is 24.9. The van der Waals surface area contributed by atoms with Crippen molar-refractivity contribution >= 4 is 27.5 Å². The first-order valence-electron chi connectivity index (χ1n) is 9.82. The summed E-state index contributed by atoms with van der Waals surface area (Å²) in [7, 11) is 1.31. The number of nitrogens with zero attached hydrogens (tertiary/aromatic N) is 1. The summed E-state index contributed by atoms with van der Waals surface area (Å²) in [6.45, 7) is 10.3. The van der Waals surface area contributed by atoms with E-state index in [2.05, 4.69) is 33.0 Å². The summed E-state index contributed by atoms with van der Waals surface area (Å²) in [6, 6.07) is 1.82. The van der Waals surface area contributed by atoms with Gasteiger partial charge >= 0.3 is 5.97 Å². The van der Waals surface area contributed by atoms with Gasteiger partial charge in [-0.25, -0.2) is 4.39 Å². The molecule has 1 aromatic carbocycles. The van der Waals surface area contributed by atoms with E-state index in [1.807, 2.05) is 19.9 Å². The number of halogens is 2. The number of rotatable bonds is 9. The molecule has 1 fully saturated rings. The Balaban J connectivity index is 2.95. The average molecular weight is 467 g/mol. The van der Waals surface area contributed by atoms with Crippen LogP contribution < -0.4 is 5.32 Å². The second-order valence-electron chi connectivity index (χ2n) is 7.44. The summed E-state index contributed by atoms with van der Waals surface area (Å²) in [5.41, 5.74) is 1.63. The predicted molar refractivity (Wildman–Crippen MR) is 117 cm³/mol. The van der Waals surface area contributed by atoms with E-state index in [4.69, 9.17) is 4.74 Å². The molecule has 1 N–H and O–H groups in total. The van der Waals surface area contributed by atoms with Crippen molar-refractivity contribution in [2.75, 3.05) is 20.2 Å². The van der Waals surface area contributed by atoms with Gasteiger partial charge in [-0.05, 0) is 63.1 Å². The Morgan fingerprint density at radius 2 is 2.03 bits per heavy atom. The quantitative estimate of drug-likeness (QED) is 0.298. The van der Waals surface area contributed by atoms with Gasteiger partial charge in [0.25, 0.3) is 0 Å². The fourth-order valence-corrected chi connectivity index (χ4v) is 4.17. The van der Waals surface area contributed by atoms with Crippen LogP contribution in [0.4, 0.5) is 4.39 Å². The van der Waals surface area contributed by atoms with Crippen LogP contribution in [0.2, 0.25) is 0 Å². The number of carbonyl (C=O) groups is 1. The Hall–Kier alpha value is -1.86. The highest BCUT2D eigenvalue weighted by atomic mass is 79.9. The van der Waals surface area contributed by atoms with Gasteiger partial charge in [-0.2, -0.15) is 0 Å². The van der Waals surface area contributed by atoms with Crippen molar-refractivity contribution in [1.29, 1.82) is 0 Å². The van der Waals surface area contributed by atoms with Crippen LogP contribution in [0.5, 0.6) is 0 Å². The van der Waals surface area contributed by atoms with Crippen LogP contribution in [0.1, 0.15) is 49.8 Å². The van der Waals surface area contributed by atoms with Gasteiger partial charge < -0.3 is 10.1 Å². The first-order valence-corrected chi connectivity index (χ1v) is 10.6. The minimum Gasteiger partial charge on any atom is -0.468 e. The highest BCUT2D eigenvalue weighted by molar-refractivity contribution is 9.10. The van der Waals surface area contributed by atoms with Crippen molar-refractivity contribution in [1.82, 2.24) is 5.32 Å². The van der Waals surface area contributed by atoms with Crippen LogP contribution >= 0.6 is 15.9 Å². The zero-order chi connectivity index (χ0) is 21.8. The van der Waals surface area contributed by atoms with Gasteiger partial charge in [-0.15, -0.1) is 4.91 Å². The number of aryl methyl sites for hydroxylation is 1. The lowest BCUT2D eigenvalue weighted by Gasteiger charge is -2.43. The smallest absolute Gasteiger partial charge is 0.319 e. The first kappa shape index (κ1) is 23.4. The number of hydrogen-bond acceptors (Lipinski definition) is 5. The third-order valence-corrected chi connectivity index (χ3v) is 6.36. The molecule has 0 bridgehead atoms. The number of ether oxygens (including phenoxy) is 1. The van der Waals surface area contributed by atoms with Crippen LogP contribution in [-0.4, -0.2) is 26.2 Å². The van der Waals surface area contributed by atoms with Crippen LogP contribution in [0.3, 0.4) is 0 Å². The number of esters is 1. The molecule has 0 unspecified atom stereocenters. The highest BCUT2D eigenvalue weighted by Gasteiger charge is 2.51. The second-order valence-corrected chi connectivity index (χ2v) is 8.24. The normalized spacial score (nSPS) is 15.9. The number of nitrogens with one attached hydrogen (secondary N) is 1. The summed E-state index contributed by atoms with van der Waals surface area (Å²) >= 11 is 3.32. The highest BCUT2D eigenvalue weighted by Crippen LogP contribution is 2.47. The molecule has 0 atom stereocenters. The van der Waals surface area contributed by atoms with Crippen LogP contribution in [0, 0.1) is 23.1 Å². The first-order chi connectivity index (χ1) is 13.8. The molecule has 29 heavy (non-hydrogen) atoms. The molecule has 158 valence electrons. The predicted octanol–water partition coefficient (Wildman–Crippen LogP) is 5.45. The van der Waals surface area contributed by atoms with Crippen molar-refractivity contribution in [3.63, 3.8) is 0 Å². The zero-order valence-electron chi connectivity index (χ0n) is 17.5. The fourth-order valence-electron chi connectivity index (χ4n) is 3.82. The standard InChI is InChI=1S/C22H28BrFN2O3/c1-6-8-13(3)20(26-28)17(22(11-25-12-22)21(27)29-5)16-10-14(4)18(23)19(24)15(16)9-7-2/h10,25H,3,6-9,11-12H2,1-2,4-5H3/b20-17-. The molecule has 2 rings (SSSR count). The Kier molecular flexibility index (Phi) is 7.88. The van der Waals surface area contributed by atoms with Crippen molar-refractivity contribution in [2.24, 2.45) is 10.6 Å². The van der Waals surface area contributed by atoms with Crippen molar-refractivity contribution in [2.45, 2.75) is 46.5 Å². The lowest BCUT2D eigenvalue weighted by atomic mass is 9.69. The molecule has 0 aliphatic carbocycles. The lowest BCUT2D eigenvalue weighted by Crippen LogP contribution is -2.59. The maximum Gasteiger partial charge on any atom is 0.319 e. The summed E-state index contributed by atoms with van der Waals surface area (Å²) in [5, 5.41) is 6.39. The fraction of sp³-hybridized carbons (Fsp3) is 0.500. The van der Waals surface area contributed by atoms with Gasteiger partial charge in [0, 0.05) is 18.7 Å². The maximum absolute atomic E-state index is 15.2. The van der Waals surface area contributed by atoms with E-state index in [9.17, 15) is 9.70 Å². The lowest BCUT2D eigenvalue weighted by molar-refractivity contribution is -0.151. The Morgan fingerprint density at radius 3 is 2.48 bits per heavy atom. The van der Waals surface area contributed by atoms with Crippen molar-refractivity contribution < 1.29 is 13.9 Å². The van der Waals surface area contributed by atoms with Gasteiger partial charge in [0.05, 0.1) is 11.6 Å². The minimum atomic E-state index is -1.11. The molecule has 0 spiro atoms. The topological polar surface area (TPSA) is 67.8 Å². The van der Waals surface area contributed by atoms with Gasteiger partial charge in [-0.3, -0.25) is 4.79 Å². The summed E-state index contributed by atoms with van der Waals surface area (Å²) in [5.74, 6) is -0.849. The Morgan fingerprint density at radius 1 is 1.38 bits per heavy atom. The molecule has 0 saturated carbocycles. The number of nitroso groups, excluding NO2 is 1. The largest absolute Gasteiger partial charge is 0.468 e. The van der Waals surface area contributed by atoms with Crippen LogP contribution in [0.15, 0.2) is 33.6 Å².